The third-order valence-electron chi connectivity index (χ3n) is 5.15. The van der Waals surface area contributed by atoms with Crippen molar-refractivity contribution in [2.24, 2.45) is 20.3 Å². The van der Waals surface area contributed by atoms with Gasteiger partial charge < -0.3 is 9.47 Å². The number of sulfonamides is 1. The smallest absolute Gasteiger partial charge is 0.238 e. The molecule has 168 valence electrons. The summed E-state index contributed by atoms with van der Waals surface area (Å²) >= 11 is 0. The monoisotopic (exact) mass is 458 g/mol. The largest absolute Gasteiger partial charge is 0.379 e. The summed E-state index contributed by atoms with van der Waals surface area (Å²) in [5.74, 6) is 0. The van der Waals surface area contributed by atoms with Gasteiger partial charge in [0.25, 0.3) is 0 Å². The van der Waals surface area contributed by atoms with Crippen LogP contribution in [0.15, 0.2) is 44.4 Å². The Labute approximate surface area is 178 Å². The molecule has 2 aliphatic heterocycles. The third-order valence-corrected chi connectivity index (χ3v) is 10.6. The summed E-state index contributed by atoms with van der Waals surface area (Å²) in [6.45, 7) is 12.5. The molecule has 2 saturated heterocycles. The highest BCUT2D eigenvalue weighted by Crippen LogP contribution is 2.66. The topological polar surface area (TPSA) is 122 Å². The summed E-state index contributed by atoms with van der Waals surface area (Å²) in [6, 6.07) is 5.97. The average molecular weight is 459 g/mol. The van der Waals surface area contributed by atoms with E-state index in [-0.39, 0.29) is 10.1 Å². The van der Waals surface area contributed by atoms with Crippen LogP contribution in [0.5, 0.6) is 0 Å². The van der Waals surface area contributed by atoms with E-state index in [4.69, 9.17) is 19.5 Å². The zero-order valence-corrected chi connectivity index (χ0v) is 19.5. The molecule has 0 atom stereocenters. The lowest BCUT2D eigenvalue weighted by Gasteiger charge is -2.51. The molecule has 0 amide bonds. The van der Waals surface area contributed by atoms with Gasteiger partial charge in [-0.1, -0.05) is 20.8 Å². The molecule has 0 aromatic heterocycles. The minimum atomic E-state index is -3.74. The van der Waals surface area contributed by atoms with Gasteiger partial charge in [-0.15, -0.1) is 9.97 Å². The number of primary sulfonamides is 1. The Bertz CT molecular complexity index is 880. The maximum atomic E-state index is 11.4. The average Bonchev–Trinajstić information content (AvgIpc) is 2.71. The molecule has 10 nitrogen and oxygen atoms in total. The maximum Gasteiger partial charge on any atom is 0.238 e. The van der Waals surface area contributed by atoms with E-state index >= 15 is 0 Å². The Morgan fingerprint density at radius 1 is 0.933 bits per heavy atom. The van der Waals surface area contributed by atoms with Gasteiger partial charge in [0.05, 0.1) is 37.0 Å². The molecule has 0 radical (unpaired) electrons. The number of benzene rings is 1. The summed E-state index contributed by atoms with van der Waals surface area (Å²) < 4.78 is 38.9. The van der Waals surface area contributed by atoms with Crippen LogP contribution in [0.25, 0.3) is 0 Å². The van der Waals surface area contributed by atoms with Gasteiger partial charge >= 0.3 is 0 Å². The molecule has 0 spiro atoms. The molecule has 0 aliphatic carbocycles. The molecule has 0 saturated carbocycles. The van der Waals surface area contributed by atoms with E-state index in [1.54, 1.807) is 12.1 Å². The molecule has 2 heterocycles. The van der Waals surface area contributed by atoms with Crippen molar-refractivity contribution in [1.29, 1.82) is 0 Å². The van der Waals surface area contributed by atoms with Crippen LogP contribution in [-0.4, -0.2) is 75.5 Å². The Kier molecular flexibility index (Phi) is 7.44. The van der Waals surface area contributed by atoms with Crippen molar-refractivity contribution in [3.8, 4) is 0 Å². The van der Waals surface area contributed by atoms with Crippen LogP contribution < -0.4 is 5.14 Å². The minimum absolute atomic E-state index is 0.0385. The van der Waals surface area contributed by atoms with Gasteiger partial charge in [-0.25, -0.2) is 13.6 Å². The maximum absolute atomic E-state index is 11.4. The first-order valence-corrected chi connectivity index (χ1v) is 13.2. The number of hydrogen-bond donors (Lipinski definition) is 1. The summed E-state index contributed by atoms with van der Waals surface area (Å²) in [5, 5.41) is 13.5. The predicted octanol–water partition coefficient (Wildman–Crippen LogP) is 2.83. The molecule has 2 N–H and O–H groups in total. The normalized spacial score (nSPS) is 20.5. The molecule has 2 fully saturated rings. The van der Waals surface area contributed by atoms with E-state index in [1.165, 1.54) is 12.1 Å². The van der Waals surface area contributed by atoms with Crippen LogP contribution in [0.3, 0.4) is 0 Å². The molecule has 12 heteroatoms. The van der Waals surface area contributed by atoms with E-state index in [9.17, 15) is 8.42 Å². The first kappa shape index (κ1) is 23.5. The van der Waals surface area contributed by atoms with E-state index < -0.39 is 17.4 Å². The van der Waals surface area contributed by atoms with Crippen LogP contribution in [0.1, 0.15) is 20.8 Å². The standard InChI is InChI=1S/C18H31N6O4PS/c1-18(2,3)29(23-8-12-27-13-9-23,24-10-14-28-15-11-24)22-21-20-16-4-6-17(7-5-16)30(19,25)26/h4-7H,8-15H2,1-3H3,(H2,19,25,26). The van der Waals surface area contributed by atoms with Gasteiger partial charge in [0.15, 0.2) is 0 Å². The van der Waals surface area contributed by atoms with Gasteiger partial charge in [-0.3, -0.25) is 9.34 Å². The van der Waals surface area contributed by atoms with Crippen molar-refractivity contribution in [2.45, 2.75) is 30.8 Å². The molecule has 30 heavy (non-hydrogen) atoms. The lowest BCUT2D eigenvalue weighted by molar-refractivity contribution is 0.0548. The zero-order chi connectivity index (χ0) is 21.8. The Hall–Kier alpha value is -1.20. The van der Waals surface area contributed by atoms with E-state index in [1.807, 2.05) is 0 Å². The molecule has 0 bridgehead atoms. The zero-order valence-electron chi connectivity index (χ0n) is 17.8. The summed E-state index contributed by atoms with van der Waals surface area (Å²) in [4.78, 5) is 4.95. The first-order valence-electron chi connectivity index (χ1n) is 9.96. The van der Waals surface area contributed by atoms with Crippen molar-refractivity contribution in [1.82, 2.24) is 9.34 Å². The lowest BCUT2D eigenvalue weighted by atomic mass is 10.3. The second-order valence-electron chi connectivity index (χ2n) is 8.19. The van der Waals surface area contributed by atoms with E-state index in [0.717, 1.165) is 26.2 Å². The number of hydrogen-bond acceptors (Lipinski definition) is 5. The molecule has 0 unspecified atom stereocenters. The quantitative estimate of drug-likeness (QED) is 0.411. The summed E-state index contributed by atoms with van der Waals surface area (Å²) in [5.41, 5.74) is 0.516. The molecule has 1 aromatic rings. The van der Waals surface area contributed by atoms with Gasteiger partial charge in [0.1, 0.15) is 7.36 Å². The van der Waals surface area contributed by atoms with Crippen LogP contribution in [-0.2, 0) is 19.5 Å². The van der Waals surface area contributed by atoms with Crippen molar-refractivity contribution < 1.29 is 17.9 Å². The molecular weight excluding hydrogens is 427 g/mol. The molecule has 3 rings (SSSR count). The number of rotatable bonds is 5. The Morgan fingerprint density at radius 2 is 1.40 bits per heavy atom. The van der Waals surface area contributed by atoms with E-state index in [2.05, 4.69) is 40.4 Å². The number of morpholine rings is 2. The highest BCUT2D eigenvalue weighted by Gasteiger charge is 2.46. The predicted molar refractivity (Wildman–Crippen MR) is 116 cm³/mol. The van der Waals surface area contributed by atoms with Crippen LogP contribution >= 0.6 is 7.36 Å². The van der Waals surface area contributed by atoms with Gasteiger partial charge in [0.2, 0.25) is 10.0 Å². The Morgan fingerprint density at radius 3 is 1.80 bits per heavy atom. The number of nitrogens with zero attached hydrogens (tertiary/aromatic N) is 5. The Balaban J connectivity index is 1.99. The van der Waals surface area contributed by atoms with Crippen LogP contribution in [0.4, 0.5) is 5.69 Å². The second kappa shape index (κ2) is 9.52. The van der Waals surface area contributed by atoms with Crippen molar-refractivity contribution >= 4 is 23.1 Å². The number of ether oxygens (including phenoxy) is 2. The fraction of sp³-hybridized carbons (Fsp3) is 0.667. The third kappa shape index (κ3) is 5.16. The summed E-state index contributed by atoms with van der Waals surface area (Å²) in [6.07, 6.45) is 0. The number of nitrogens with two attached hydrogens (primary N) is 1. The van der Waals surface area contributed by atoms with Crippen LogP contribution in [0, 0.1) is 0 Å². The van der Waals surface area contributed by atoms with Gasteiger partial charge in [-0.05, 0) is 29.5 Å². The van der Waals surface area contributed by atoms with Gasteiger partial charge in [-0.2, -0.15) is 0 Å². The highest BCUT2D eigenvalue weighted by molar-refractivity contribution is 7.89. The van der Waals surface area contributed by atoms with Crippen molar-refractivity contribution in [2.75, 3.05) is 52.6 Å². The SMILES string of the molecule is CC(C)(C)P(=NN=Nc1ccc(S(N)(=O)=O)cc1)(N1CCOCC1)N1CCOCC1. The van der Waals surface area contributed by atoms with Crippen molar-refractivity contribution in [3.63, 3.8) is 0 Å². The lowest BCUT2D eigenvalue weighted by Crippen LogP contribution is -2.48. The first-order chi connectivity index (χ1) is 14.1. The fourth-order valence-electron chi connectivity index (χ4n) is 3.77. The van der Waals surface area contributed by atoms with Crippen molar-refractivity contribution in [3.05, 3.63) is 24.3 Å². The fourth-order valence-corrected chi connectivity index (χ4v) is 8.43. The second-order valence-corrected chi connectivity index (χ2v) is 13.5. The van der Waals surface area contributed by atoms with Crippen LogP contribution in [0.2, 0.25) is 0 Å². The van der Waals surface area contributed by atoms with E-state index in [0.29, 0.717) is 32.1 Å². The molecular formula is C18H31N6O4PS. The minimum Gasteiger partial charge on any atom is -0.379 e. The van der Waals surface area contributed by atoms with Gasteiger partial charge in [0, 0.05) is 31.3 Å². The highest BCUT2D eigenvalue weighted by atomic mass is 32.2. The molecule has 1 aromatic carbocycles. The summed E-state index contributed by atoms with van der Waals surface area (Å²) in [7, 11) is -5.99. The molecule has 2 aliphatic rings.